The van der Waals surface area contributed by atoms with Crippen LogP contribution in [0, 0.1) is 6.92 Å². The third-order valence-electron chi connectivity index (χ3n) is 4.66. The van der Waals surface area contributed by atoms with Crippen molar-refractivity contribution >= 4 is 5.91 Å². The SMILES string of the molecule is Cc1cc(=O)c(C(=O)NCC(c2cccnc2)N2CCCCC2)c[nH]1. The summed E-state index contributed by atoms with van der Waals surface area (Å²) in [5, 5.41) is 2.93. The van der Waals surface area contributed by atoms with Crippen LogP contribution in [0.5, 0.6) is 0 Å². The van der Waals surface area contributed by atoms with E-state index in [2.05, 4.69) is 20.2 Å². The molecule has 2 N–H and O–H groups in total. The fraction of sp³-hybridized carbons (Fsp3) is 0.421. The molecule has 1 fully saturated rings. The molecule has 1 aliphatic rings. The molecule has 0 spiro atoms. The first-order chi connectivity index (χ1) is 12.1. The van der Waals surface area contributed by atoms with E-state index in [-0.39, 0.29) is 22.9 Å². The molecule has 1 saturated heterocycles. The van der Waals surface area contributed by atoms with Crippen molar-refractivity contribution in [1.82, 2.24) is 20.2 Å². The number of aryl methyl sites for hydroxylation is 1. The van der Waals surface area contributed by atoms with Crippen LogP contribution in [0.1, 0.15) is 46.9 Å². The summed E-state index contributed by atoms with van der Waals surface area (Å²) >= 11 is 0. The summed E-state index contributed by atoms with van der Waals surface area (Å²) in [6.07, 6.45) is 8.67. The predicted molar refractivity (Wildman–Crippen MR) is 96.5 cm³/mol. The molecule has 1 amide bonds. The Morgan fingerprint density at radius 1 is 1.36 bits per heavy atom. The Balaban J connectivity index is 1.74. The summed E-state index contributed by atoms with van der Waals surface area (Å²) in [6, 6.07) is 5.47. The maximum Gasteiger partial charge on any atom is 0.256 e. The monoisotopic (exact) mass is 340 g/mol. The van der Waals surface area contributed by atoms with Crippen molar-refractivity contribution < 1.29 is 4.79 Å². The second kappa shape index (κ2) is 8.07. The van der Waals surface area contributed by atoms with Crippen LogP contribution in [0.3, 0.4) is 0 Å². The number of carbonyl (C=O) groups excluding carboxylic acids is 1. The van der Waals surface area contributed by atoms with E-state index in [0.29, 0.717) is 6.54 Å². The van der Waals surface area contributed by atoms with Crippen molar-refractivity contribution in [2.45, 2.75) is 32.2 Å². The summed E-state index contributed by atoms with van der Waals surface area (Å²) in [4.78, 5) is 34.0. The summed E-state index contributed by atoms with van der Waals surface area (Å²) in [5.74, 6) is -0.341. The molecule has 3 heterocycles. The van der Waals surface area contributed by atoms with Gasteiger partial charge in [-0.2, -0.15) is 0 Å². The van der Waals surface area contributed by atoms with Gasteiger partial charge in [0.25, 0.3) is 5.91 Å². The molecule has 1 atom stereocenters. The first-order valence-electron chi connectivity index (χ1n) is 8.76. The number of likely N-dealkylation sites (tertiary alicyclic amines) is 1. The molecule has 2 aromatic heterocycles. The number of aromatic amines is 1. The quantitative estimate of drug-likeness (QED) is 0.873. The van der Waals surface area contributed by atoms with E-state index >= 15 is 0 Å². The molecular formula is C19H24N4O2. The van der Waals surface area contributed by atoms with Gasteiger partial charge in [0.2, 0.25) is 0 Å². The number of amides is 1. The van der Waals surface area contributed by atoms with Gasteiger partial charge in [-0.25, -0.2) is 0 Å². The lowest BCUT2D eigenvalue weighted by Gasteiger charge is -2.34. The van der Waals surface area contributed by atoms with Crippen LogP contribution >= 0.6 is 0 Å². The Bertz CT molecular complexity index is 766. The van der Waals surface area contributed by atoms with Crippen LogP contribution in [0.4, 0.5) is 0 Å². The zero-order valence-corrected chi connectivity index (χ0v) is 14.5. The number of H-pyrrole nitrogens is 1. The topological polar surface area (TPSA) is 78.1 Å². The molecular weight excluding hydrogens is 316 g/mol. The maximum atomic E-state index is 12.4. The van der Waals surface area contributed by atoms with E-state index in [1.54, 1.807) is 13.1 Å². The average molecular weight is 340 g/mol. The molecule has 0 radical (unpaired) electrons. The lowest BCUT2D eigenvalue weighted by atomic mass is 10.0. The zero-order valence-electron chi connectivity index (χ0n) is 14.5. The van der Waals surface area contributed by atoms with Crippen LogP contribution in [-0.4, -0.2) is 40.4 Å². The third kappa shape index (κ3) is 4.33. The predicted octanol–water partition coefficient (Wildman–Crippen LogP) is 2.04. The first-order valence-corrected chi connectivity index (χ1v) is 8.76. The Morgan fingerprint density at radius 3 is 2.84 bits per heavy atom. The minimum atomic E-state index is -0.341. The molecule has 2 aromatic rings. The summed E-state index contributed by atoms with van der Waals surface area (Å²) < 4.78 is 0. The van der Waals surface area contributed by atoms with Crippen LogP contribution in [-0.2, 0) is 0 Å². The fourth-order valence-electron chi connectivity index (χ4n) is 3.30. The molecule has 0 aliphatic carbocycles. The molecule has 0 bridgehead atoms. The van der Waals surface area contributed by atoms with E-state index < -0.39 is 0 Å². The minimum Gasteiger partial charge on any atom is -0.364 e. The van der Waals surface area contributed by atoms with Gasteiger partial charge in [0.1, 0.15) is 5.56 Å². The number of nitrogens with one attached hydrogen (secondary N) is 2. The van der Waals surface area contributed by atoms with Crippen LogP contribution in [0.2, 0.25) is 0 Å². The number of hydrogen-bond acceptors (Lipinski definition) is 4. The Kier molecular flexibility index (Phi) is 5.60. The Hall–Kier alpha value is -2.47. The smallest absolute Gasteiger partial charge is 0.256 e. The van der Waals surface area contributed by atoms with Gasteiger partial charge in [0, 0.05) is 36.9 Å². The lowest BCUT2D eigenvalue weighted by Crippen LogP contribution is -2.41. The number of hydrogen-bond donors (Lipinski definition) is 2. The van der Waals surface area contributed by atoms with Gasteiger partial charge in [0.05, 0.1) is 6.04 Å². The van der Waals surface area contributed by atoms with Crippen molar-refractivity contribution in [3.05, 3.63) is 63.8 Å². The highest BCUT2D eigenvalue weighted by molar-refractivity contribution is 5.93. The molecule has 132 valence electrons. The summed E-state index contributed by atoms with van der Waals surface area (Å²) in [6.45, 7) is 4.27. The lowest BCUT2D eigenvalue weighted by molar-refractivity contribution is 0.0923. The van der Waals surface area contributed by atoms with E-state index in [4.69, 9.17) is 0 Å². The molecule has 0 aromatic carbocycles. The molecule has 6 heteroatoms. The molecule has 6 nitrogen and oxygen atoms in total. The highest BCUT2D eigenvalue weighted by Crippen LogP contribution is 2.23. The molecule has 1 aliphatic heterocycles. The van der Waals surface area contributed by atoms with Crippen molar-refractivity contribution in [3.8, 4) is 0 Å². The van der Waals surface area contributed by atoms with Crippen LogP contribution in [0.25, 0.3) is 0 Å². The number of pyridine rings is 2. The zero-order chi connectivity index (χ0) is 17.6. The first kappa shape index (κ1) is 17.4. The van der Waals surface area contributed by atoms with Crippen molar-refractivity contribution in [1.29, 1.82) is 0 Å². The number of carbonyl (C=O) groups is 1. The van der Waals surface area contributed by atoms with Gasteiger partial charge in [-0.05, 0) is 44.5 Å². The molecule has 3 rings (SSSR count). The second-order valence-electron chi connectivity index (χ2n) is 6.50. The Labute approximate surface area is 147 Å². The minimum absolute atomic E-state index is 0.0717. The van der Waals surface area contributed by atoms with Crippen molar-refractivity contribution in [2.75, 3.05) is 19.6 Å². The third-order valence-corrected chi connectivity index (χ3v) is 4.66. The fourth-order valence-corrected chi connectivity index (χ4v) is 3.30. The second-order valence-corrected chi connectivity index (χ2v) is 6.50. The standard InChI is InChI=1S/C19H24N4O2/c1-14-10-18(24)16(12-21-14)19(25)22-13-17(15-6-5-7-20-11-15)23-8-3-2-4-9-23/h5-7,10-12,17H,2-4,8-9,13H2,1H3,(H,21,24)(H,22,25). The highest BCUT2D eigenvalue weighted by atomic mass is 16.2. The number of aromatic nitrogens is 2. The van der Waals surface area contributed by atoms with Gasteiger partial charge in [-0.15, -0.1) is 0 Å². The number of piperidine rings is 1. The number of rotatable bonds is 5. The normalized spacial score (nSPS) is 16.4. The van der Waals surface area contributed by atoms with Gasteiger partial charge in [-0.1, -0.05) is 12.5 Å². The van der Waals surface area contributed by atoms with E-state index in [1.807, 2.05) is 18.3 Å². The van der Waals surface area contributed by atoms with E-state index in [0.717, 1.165) is 24.3 Å². The van der Waals surface area contributed by atoms with Gasteiger partial charge in [-0.3, -0.25) is 19.5 Å². The Morgan fingerprint density at radius 2 is 2.16 bits per heavy atom. The number of nitrogens with zero attached hydrogens (tertiary/aromatic N) is 2. The molecule has 25 heavy (non-hydrogen) atoms. The molecule has 1 unspecified atom stereocenters. The average Bonchev–Trinajstić information content (AvgIpc) is 2.63. The largest absolute Gasteiger partial charge is 0.364 e. The summed E-state index contributed by atoms with van der Waals surface area (Å²) in [7, 11) is 0. The van der Waals surface area contributed by atoms with Crippen molar-refractivity contribution in [2.24, 2.45) is 0 Å². The van der Waals surface area contributed by atoms with E-state index in [1.165, 1.54) is 31.5 Å². The highest BCUT2D eigenvalue weighted by Gasteiger charge is 2.23. The van der Waals surface area contributed by atoms with Gasteiger partial charge in [0.15, 0.2) is 5.43 Å². The van der Waals surface area contributed by atoms with E-state index in [9.17, 15) is 9.59 Å². The maximum absolute atomic E-state index is 12.4. The van der Waals surface area contributed by atoms with Gasteiger partial charge < -0.3 is 10.3 Å². The van der Waals surface area contributed by atoms with Crippen LogP contribution in [0.15, 0.2) is 41.6 Å². The van der Waals surface area contributed by atoms with Crippen LogP contribution < -0.4 is 10.7 Å². The van der Waals surface area contributed by atoms with Crippen molar-refractivity contribution in [3.63, 3.8) is 0 Å². The summed E-state index contributed by atoms with van der Waals surface area (Å²) in [5.41, 5.74) is 1.71. The van der Waals surface area contributed by atoms with Gasteiger partial charge >= 0.3 is 0 Å². The molecule has 0 saturated carbocycles.